The Morgan fingerprint density at radius 1 is 1.42 bits per heavy atom. The van der Waals surface area contributed by atoms with Crippen molar-refractivity contribution in [3.63, 3.8) is 0 Å². The number of carbonyl (C=O) groups is 2. The van der Waals surface area contributed by atoms with Gasteiger partial charge < -0.3 is 16.4 Å². The summed E-state index contributed by atoms with van der Waals surface area (Å²) in [6.07, 6.45) is 0.834. The van der Waals surface area contributed by atoms with Gasteiger partial charge in [0.2, 0.25) is 11.8 Å². The summed E-state index contributed by atoms with van der Waals surface area (Å²) in [4.78, 5) is 22.9. The van der Waals surface area contributed by atoms with E-state index in [-0.39, 0.29) is 24.4 Å². The fourth-order valence-electron chi connectivity index (χ4n) is 2.34. The molecule has 1 heterocycles. The molecule has 0 spiro atoms. The van der Waals surface area contributed by atoms with Gasteiger partial charge in [0.25, 0.3) is 0 Å². The van der Waals surface area contributed by atoms with Gasteiger partial charge in [-0.3, -0.25) is 9.59 Å². The fourth-order valence-corrected chi connectivity index (χ4v) is 2.34. The fraction of sp³-hybridized carbons (Fsp3) is 0.429. The molecule has 102 valence electrons. The molecule has 0 aromatic heterocycles. The number of nitrogens with two attached hydrogens (primary N) is 1. The molecule has 1 aromatic rings. The Bertz CT molecular complexity index is 487. The van der Waals surface area contributed by atoms with Crippen LogP contribution in [0.5, 0.6) is 0 Å². The van der Waals surface area contributed by atoms with E-state index in [1.54, 1.807) is 6.92 Å². The van der Waals surface area contributed by atoms with E-state index in [2.05, 4.69) is 16.7 Å². The van der Waals surface area contributed by atoms with Gasteiger partial charge in [0.1, 0.15) is 0 Å². The van der Waals surface area contributed by atoms with E-state index < -0.39 is 5.91 Å². The second-order valence-corrected chi connectivity index (χ2v) is 4.99. The zero-order valence-corrected chi connectivity index (χ0v) is 11.0. The molecule has 0 radical (unpaired) electrons. The Morgan fingerprint density at radius 2 is 2.11 bits per heavy atom. The highest BCUT2D eigenvalue weighted by Crippen LogP contribution is 2.16. The van der Waals surface area contributed by atoms with Crippen LogP contribution in [-0.2, 0) is 22.6 Å². The summed E-state index contributed by atoms with van der Waals surface area (Å²) in [5, 5.41) is 6.01. The van der Waals surface area contributed by atoms with Gasteiger partial charge in [0.15, 0.2) is 0 Å². The van der Waals surface area contributed by atoms with Crippen LogP contribution in [-0.4, -0.2) is 23.9 Å². The Balaban J connectivity index is 1.93. The van der Waals surface area contributed by atoms with Gasteiger partial charge in [0, 0.05) is 19.0 Å². The molecule has 1 aliphatic rings. The van der Waals surface area contributed by atoms with Crippen LogP contribution in [0.25, 0.3) is 0 Å². The predicted molar refractivity (Wildman–Crippen MR) is 72.2 cm³/mol. The van der Waals surface area contributed by atoms with Crippen molar-refractivity contribution in [2.75, 3.05) is 0 Å². The summed E-state index contributed by atoms with van der Waals surface area (Å²) >= 11 is 0. The average molecular weight is 261 g/mol. The molecule has 0 saturated heterocycles. The average Bonchev–Trinajstić information content (AvgIpc) is 2.37. The minimum absolute atomic E-state index is 0.0803. The summed E-state index contributed by atoms with van der Waals surface area (Å²) in [7, 11) is 0. The van der Waals surface area contributed by atoms with Gasteiger partial charge in [-0.2, -0.15) is 0 Å². The van der Waals surface area contributed by atoms with Crippen molar-refractivity contribution in [3.05, 3.63) is 35.4 Å². The smallest absolute Gasteiger partial charge is 0.237 e. The second-order valence-electron chi connectivity index (χ2n) is 4.99. The van der Waals surface area contributed by atoms with E-state index in [1.807, 2.05) is 18.2 Å². The van der Waals surface area contributed by atoms with Crippen LogP contribution in [0.1, 0.15) is 24.5 Å². The van der Waals surface area contributed by atoms with Crippen LogP contribution in [0.4, 0.5) is 0 Å². The summed E-state index contributed by atoms with van der Waals surface area (Å²) in [6, 6.07) is 7.61. The van der Waals surface area contributed by atoms with Gasteiger partial charge in [-0.1, -0.05) is 24.3 Å². The lowest BCUT2D eigenvalue weighted by atomic mass is 9.95. The molecule has 2 atom stereocenters. The molecule has 2 rings (SSSR count). The van der Waals surface area contributed by atoms with Crippen LogP contribution in [0, 0.1) is 0 Å². The highest BCUT2D eigenvalue weighted by Gasteiger charge is 2.24. The van der Waals surface area contributed by atoms with E-state index in [4.69, 9.17) is 5.73 Å². The first-order valence-corrected chi connectivity index (χ1v) is 6.45. The number of nitrogens with one attached hydrogen (secondary N) is 2. The van der Waals surface area contributed by atoms with Crippen LogP contribution in [0.15, 0.2) is 24.3 Å². The van der Waals surface area contributed by atoms with Gasteiger partial charge in [-0.15, -0.1) is 0 Å². The molecule has 0 bridgehead atoms. The van der Waals surface area contributed by atoms with E-state index in [0.29, 0.717) is 13.0 Å². The maximum Gasteiger partial charge on any atom is 0.237 e. The van der Waals surface area contributed by atoms with E-state index in [0.717, 1.165) is 0 Å². The number of benzene rings is 1. The topological polar surface area (TPSA) is 84.2 Å². The summed E-state index contributed by atoms with van der Waals surface area (Å²) in [6.45, 7) is 2.47. The number of primary amides is 1. The molecule has 0 fully saturated rings. The minimum Gasteiger partial charge on any atom is -0.370 e. The SMILES string of the molecule is CC(CC(N)=O)NC(=O)[C@H]1Cc2ccccc2CN1. The van der Waals surface area contributed by atoms with Gasteiger partial charge in [-0.25, -0.2) is 0 Å². The Labute approximate surface area is 112 Å². The molecule has 19 heavy (non-hydrogen) atoms. The van der Waals surface area contributed by atoms with Crippen molar-refractivity contribution >= 4 is 11.8 Å². The van der Waals surface area contributed by atoms with E-state index in [1.165, 1.54) is 11.1 Å². The maximum atomic E-state index is 12.1. The maximum absolute atomic E-state index is 12.1. The lowest BCUT2D eigenvalue weighted by Gasteiger charge is -2.26. The number of amides is 2. The van der Waals surface area contributed by atoms with Gasteiger partial charge in [0.05, 0.1) is 6.04 Å². The van der Waals surface area contributed by atoms with Crippen LogP contribution >= 0.6 is 0 Å². The first-order valence-electron chi connectivity index (χ1n) is 6.45. The molecule has 1 unspecified atom stereocenters. The quantitative estimate of drug-likeness (QED) is 0.717. The first-order chi connectivity index (χ1) is 9.06. The number of carbonyl (C=O) groups excluding carboxylic acids is 2. The Kier molecular flexibility index (Phi) is 4.16. The molecular formula is C14H19N3O2. The molecule has 4 N–H and O–H groups in total. The third-order valence-corrected chi connectivity index (χ3v) is 3.29. The number of hydrogen-bond donors (Lipinski definition) is 3. The van der Waals surface area contributed by atoms with Crippen molar-refractivity contribution in [3.8, 4) is 0 Å². The number of rotatable bonds is 4. The van der Waals surface area contributed by atoms with Crippen molar-refractivity contribution in [1.82, 2.24) is 10.6 Å². The van der Waals surface area contributed by atoms with Crippen molar-refractivity contribution < 1.29 is 9.59 Å². The molecule has 0 saturated carbocycles. The lowest BCUT2D eigenvalue weighted by Crippen LogP contribution is -2.50. The van der Waals surface area contributed by atoms with Crippen molar-refractivity contribution in [1.29, 1.82) is 0 Å². The molecule has 5 heteroatoms. The molecule has 2 amide bonds. The highest BCUT2D eigenvalue weighted by molar-refractivity contribution is 5.83. The van der Waals surface area contributed by atoms with Gasteiger partial charge in [-0.05, 0) is 24.5 Å². The highest BCUT2D eigenvalue weighted by atomic mass is 16.2. The standard InChI is InChI=1S/C14H19N3O2/c1-9(6-13(15)18)17-14(19)12-7-10-4-2-3-5-11(10)8-16-12/h2-5,9,12,16H,6-8H2,1H3,(H2,15,18)(H,17,19)/t9?,12-/m1/s1. The molecule has 0 aliphatic carbocycles. The Morgan fingerprint density at radius 3 is 2.79 bits per heavy atom. The van der Waals surface area contributed by atoms with Gasteiger partial charge >= 0.3 is 0 Å². The minimum atomic E-state index is -0.408. The van der Waals surface area contributed by atoms with Crippen molar-refractivity contribution in [2.45, 2.75) is 38.4 Å². The van der Waals surface area contributed by atoms with E-state index in [9.17, 15) is 9.59 Å². The zero-order chi connectivity index (χ0) is 13.8. The monoisotopic (exact) mass is 261 g/mol. The first kappa shape index (κ1) is 13.5. The number of hydrogen-bond acceptors (Lipinski definition) is 3. The molecule has 5 nitrogen and oxygen atoms in total. The Hall–Kier alpha value is -1.88. The number of fused-ring (bicyclic) bond motifs is 1. The largest absolute Gasteiger partial charge is 0.370 e. The van der Waals surface area contributed by atoms with E-state index >= 15 is 0 Å². The third kappa shape index (κ3) is 3.54. The summed E-state index contributed by atoms with van der Waals surface area (Å²) in [5.41, 5.74) is 7.54. The zero-order valence-electron chi connectivity index (χ0n) is 11.0. The van der Waals surface area contributed by atoms with Crippen LogP contribution in [0.2, 0.25) is 0 Å². The normalized spacial score (nSPS) is 19.3. The third-order valence-electron chi connectivity index (χ3n) is 3.29. The van der Waals surface area contributed by atoms with Crippen LogP contribution in [0.3, 0.4) is 0 Å². The molecule has 1 aliphatic heterocycles. The predicted octanol–water partition coefficient (Wildman–Crippen LogP) is 0.0810. The second kappa shape index (κ2) is 5.84. The lowest BCUT2D eigenvalue weighted by molar-refractivity contribution is -0.124. The van der Waals surface area contributed by atoms with Crippen molar-refractivity contribution in [2.24, 2.45) is 5.73 Å². The molecular weight excluding hydrogens is 242 g/mol. The molecule has 1 aromatic carbocycles. The van der Waals surface area contributed by atoms with Crippen LogP contribution < -0.4 is 16.4 Å². The summed E-state index contributed by atoms with van der Waals surface area (Å²) in [5.74, 6) is -0.488. The summed E-state index contributed by atoms with van der Waals surface area (Å²) < 4.78 is 0.